The van der Waals surface area contributed by atoms with Gasteiger partial charge in [-0.15, -0.1) is 0 Å². The van der Waals surface area contributed by atoms with E-state index in [2.05, 4.69) is 41.9 Å². The van der Waals surface area contributed by atoms with Crippen molar-refractivity contribution in [2.24, 2.45) is 0 Å². The van der Waals surface area contributed by atoms with E-state index in [-0.39, 0.29) is 12.5 Å². The van der Waals surface area contributed by atoms with Crippen LogP contribution >= 0.6 is 15.9 Å². The first-order valence-electron chi connectivity index (χ1n) is 4.56. The molecule has 0 spiro atoms. The summed E-state index contributed by atoms with van der Waals surface area (Å²) in [6.45, 7) is 4.42. The molecule has 0 aliphatic carbocycles. The number of aliphatic hydroxyl groups excluding tert-OH is 1. The number of benzene rings is 1. The maximum atomic E-state index is 9.16. The minimum Gasteiger partial charge on any atom is -0.396 e. The maximum absolute atomic E-state index is 9.16. The van der Waals surface area contributed by atoms with Crippen LogP contribution < -0.4 is 0 Å². The Morgan fingerprint density at radius 1 is 1.46 bits per heavy atom. The van der Waals surface area contributed by atoms with E-state index in [1.807, 2.05) is 6.07 Å². The summed E-state index contributed by atoms with van der Waals surface area (Å²) in [5.41, 5.74) is 2.50. The topological polar surface area (TPSA) is 20.2 Å². The van der Waals surface area contributed by atoms with Crippen LogP contribution in [0.1, 0.15) is 30.4 Å². The number of hydrogen-bond donors (Lipinski definition) is 1. The van der Waals surface area contributed by atoms with Gasteiger partial charge in [-0.3, -0.25) is 0 Å². The Morgan fingerprint density at radius 3 is 2.62 bits per heavy atom. The maximum Gasteiger partial charge on any atom is 0.0499 e. The molecule has 0 amide bonds. The second-order valence-corrected chi connectivity index (χ2v) is 4.20. The normalized spacial score (nSPS) is 12.9. The molecule has 0 bridgehead atoms. The molecule has 1 atom stereocenters. The zero-order valence-electron chi connectivity index (χ0n) is 8.05. The lowest BCUT2D eigenvalue weighted by Gasteiger charge is -2.14. The van der Waals surface area contributed by atoms with Crippen LogP contribution in [0, 0.1) is 6.92 Å². The van der Waals surface area contributed by atoms with Gasteiger partial charge in [-0.25, -0.2) is 0 Å². The van der Waals surface area contributed by atoms with Gasteiger partial charge in [0, 0.05) is 17.0 Å². The van der Waals surface area contributed by atoms with Gasteiger partial charge in [-0.05, 0) is 36.6 Å². The SMILES string of the molecule is CC[C@@H](CO)c1ccc(Br)cc1C. The first kappa shape index (κ1) is 10.7. The second-order valence-electron chi connectivity index (χ2n) is 3.29. The Kier molecular flexibility index (Phi) is 3.94. The highest BCUT2D eigenvalue weighted by Gasteiger charge is 2.10. The van der Waals surface area contributed by atoms with Crippen LogP contribution in [0.5, 0.6) is 0 Å². The van der Waals surface area contributed by atoms with Crippen LogP contribution in [0.3, 0.4) is 0 Å². The fourth-order valence-corrected chi connectivity index (χ4v) is 2.02. The van der Waals surface area contributed by atoms with Crippen molar-refractivity contribution < 1.29 is 5.11 Å². The minimum atomic E-state index is 0.235. The lowest BCUT2D eigenvalue weighted by molar-refractivity contribution is 0.262. The monoisotopic (exact) mass is 242 g/mol. The molecule has 0 aromatic heterocycles. The van der Waals surface area contributed by atoms with Gasteiger partial charge in [0.05, 0.1) is 0 Å². The highest BCUT2D eigenvalue weighted by Crippen LogP contribution is 2.24. The number of aryl methyl sites for hydroxylation is 1. The van der Waals surface area contributed by atoms with E-state index in [9.17, 15) is 0 Å². The van der Waals surface area contributed by atoms with E-state index in [0.29, 0.717) is 0 Å². The molecule has 72 valence electrons. The van der Waals surface area contributed by atoms with Crippen molar-refractivity contribution in [3.05, 3.63) is 33.8 Å². The lowest BCUT2D eigenvalue weighted by Crippen LogP contribution is -2.04. The lowest BCUT2D eigenvalue weighted by atomic mass is 9.93. The van der Waals surface area contributed by atoms with Crippen molar-refractivity contribution in [3.63, 3.8) is 0 Å². The Hall–Kier alpha value is -0.340. The fourth-order valence-electron chi connectivity index (χ4n) is 1.54. The molecule has 0 radical (unpaired) electrons. The van der Waals surface area contributed by atoms with Crippen LogP contribution in [0.25, 0.3) is 0 Å². The first-order chi connectivity index (χ1) is 6.19. The van der Waals surface area contributed by atoms with E-state index >= 15 is 0 Å². The fraction of sp³-hybridized carbons (Fsp3) is 0.455. The summed E-state index contributed by atoms with van der Waals surface area (Å²) in [7, 11) is 0. The van der Waals surface area contributed by atoms with Crippen LogP contribution in [0.2, 0.25) is 0 Å². The van der Waals surface area contributed by atoms with Gasteiger partial charge in [-0.1, -0.05) is 28.9 Å². The van der Waals surface area contributed by atoms with E-state index in [4.69, 9.17) is 5.11 Å². The van der Waals surface area contributed by atoms with E-state index in [1.165, 1.54) is 11.1 Å². The second kappa shape index (κ2) is 4.77. The molecule has 2 heteroatoms. The summed E-state index contributed by atoms with van der Waals surface area (Å²) in [5, 5.41) is 9.16. The average Bonchev–Trinajstić information content (AvgIpc) is 2.10. The summed E-state index contributed by atoms with van der Waals surface area (Å²) >= 11 is 3.43. The Labute approximate surface area is 87.9 Å². The molecule has 1 nitrogen and oxygen atoms in total. The van der Waals surface area contributed by atoms with Gasteiger partial charge >= 0.3 is 0 Å². The van der Waals surface area contributed by atoms with E-state index in [0.717, 1.165) is 10.9 Å². The summed E-state index contributed by atoms with van der Waals surface area (Å²) in [5.74, 6) is 0.285. The smallest absolute Gasteiger partial charge is 0.0499 e. The van der Waals surface area contributed by atoms with Crippen LogP contribution in [0.4, 0.5) is 0 Å². The van der Waals surface area contributed by atoms with E-state index < -0.39 is 0 Å². The van der Waals surface area contributed by atoms with Gasteiger partial charge < -0.3 is 5.11 Å². The van der Waals surface area contributed by atoms with Crippen molar-refractivity contribution in [3.8, 4) is 0 Å². The Balaban J connectivity index is 2.99. The molecule has 13 heavy (non-hydrogen) atoms. The molecule has 1 N–H and O–H groups in total. The molecule has 1 aromatic carbocycles. The van der Waals surface area contributed by atoms with Crippen molar-refractivity contribution in [2.75, 3.05) is 6.61 Å². The van der Waals surface area contributed by atoms with Gasteiger partial charge in [-0.2, -0.15) is 0 Å². The molecule has 0 aliphatic heterocycles. The number of halogens is 1. The third-order valence-corrected chi connectivity index (χ3v) is 2.88. The van der Waals surface area contributed by atoms with Gasteiger partial charge in [0.1, 0.15) is 0 Å². The highest BCUT2D eigenvalue weighted by molar-refractivity contribution is 9.10. The van der Waals surface area contributed by atoms with Gasteiger partial charge in [0.25, 0.3) is 0 Å². The zero-order chi connectivity index (χ0) is 9.84. The van der Waals surface area contributed by atoms with Gasteiger partial charge in [0.15, 0.2) is 0 Å². The summed E-state index contributed by atoms with van der Waals surface area (Å²) < 4.78 is 1.10. The van der Waals surface area contributed by atoms with Crippen molar-refractivity contribution in [1.82, 2.24) is 0 Å². The average molecular weight is 243 g/mol. The summed E-state index contributed by atoms with van der Waals surface area (Å²) in [6.07, 6.45) is 0.985. The molecule has 0 fully saturated rings. The number of aliphatic hydroxyl groups is 1. The molecule has 0 saturated carbocycles. The minimum absolute atomic E-state index is 0.235. The van der Waals surface area contributed by atoms with Crippen LogP contribution in [-0.4, -0.2) is 11.7 Å². The third kappa shape index (κ3) is 2.55. The van der Waals surface area contributed by atoms with Crippen LogP contribution in [-0.2, 0) is 0 Å². The third-order valence-electron chi connectivity index (χ3n) is 2.38. The highest BCUT2D eigenvalue weighted by atomic mass is 79.9. The van der Waals surface area contributed by atoms with Gasteiger partial charge in [0.2, 0.25) is 0 Å². The standard InChI is InChI=1S/C11H15BrO/c1-3-9(7-13)11-5-4-10(12)6-8(11)2/h4-6,9,13H,3,7H2,1-2H3/t9-/m0/s1. The Morgan fingerprint density at radius 2 is 2.15 bits per heavy atom. The molecule has 1 rings (SSSR count). The molecular weight excluding hydrogens is 228 g/mol. The molecule has 0 aliphatic rings. The molecule has 0 saturated heterocycles. The van der Waals surface area contributed by atoms with Crippen molar-refractivity contribution in [1.29, 1.82) is 0 Å². The predicted octanol–water partition coefficient (Wildman–Crippen LogP) is 3.24. The zero-order valence-corrected chi connectivity index (χ0v) is 9.63. The molecule has 1 aromatic rings. The number of hydrogen-bond acceptors (Lipinski definition) is 1. The largest absolute Gasteiger partial charge is 0.396 e. The molecule has 0 heterocycles. The molecule has 0 unspecified atom stereocenters. The first-order valence-corrected chi connectivity index (χ1v) is 5.35. The van der Waals surface area contributed by atoms with Crippen LogP contribution in [0.15, 0.2) is 22.7 Å². The van der Waals surface area contributed by atoms with E-state index in [1.54, 1.807) is 0 Å². The predicted molar refractivity (Wildman–Crippen MR) is 59.0 cm³/mol. The Bertz CT molecular complexity index is 279. The summed E-state index contributed by atoms with van der Waals surface area (Å²) in [4.78, 5) is 0. The van der Waals surface area contributed by atoms with Crippen molar-refractivity contribution in [2.45, 2.75) is 26.2 Å². The number of rotatable bonds is 3. The van der Waals surface area contributed by atoms with Crippen molar-refractivity contribution >= 4 is 15.9 Å². The summed E-state index contributed by atoms with van der Waals surface area (Å²) in [6, 6.07) is 6.21. The quantitative estimate of drug-likeness (QED) is 0.863. The molecular formula is C11H15BrO.